The van der Waals surface area contributed by atoms with Crippen molar-refractivity contribution < 1.29 is 14.3 Å². The van der Waals surface area contributed by atoms with Crippen LogP contribution in [0.1, 0.15) is 17.3 Å². The second-order valence-corrected chi connectivity index (χ2v) is 3.47. The molecule has 0 spiro atoms. The Kier molecular flexibility index (Phi) is 2.48. The Morgan fingerprint density at radius 1 is 1.31 bits per heavy atom. The maximum Gasteiger partial charge on any atom is 0.230 e. The van der Waals surface area contributed by atoms with E-state index in [1.54, 1.807) is 6.07 Å². The van der Waals surface area contributed by atoms with Crippen molar-refractivity contribution >= 4 is 22.5 Å². The highest BCUT2D eigenvalue weighted by atomic mass is 16.5. The second kappa shape index (κ2) is 3.81. The van der Waals surface area contributed by atoms with E-state index in [4.69, 9.17) is 4.74 Å². The summed E-state index contributed by atoms with van der Waals surface area (Å²) in [4.78, 5) is 25.7. The van der Waals surface area contributed by atoms with Gasteiger partial charge in [0.15, 0.2) is 5.78 Å². The molecule has 0 bridgehead atoms. The molecule has 0 saturated carbocycles. The van der Waals surface area contributed by atoms with Crippen LogP contribution in [-0.4, -0.2) is 23.7 Å². The summed E-state index contributed by atoms with van der Waals surface area (Å²) >= 11 is 0. The zero-order chi connectivity index (χ0) is 11.7. The molecule has 0 saturated heterocycles. The van der Waals surface area contributed by atoms with Gasteiger partial charge in [0.2, 0.25) is 5.78 Å². The molecular weight excluding hydrogens is 206 g/mol. The van der Waals surface area contributed by atoms with Crippen molar-refractivity contribution in [3.8, 4) is 5.75 Å². The van der Waals surface area contributed by atoms with Gasteiger partial charge in [-0.05, 0) is 12.1 Å². The first-order valence-corrected chi connectivity index (χ1v) is 4.84. The van der Waals surface area contributed by atoms with Gasteiger partial charge in [0, 0.05) is 18.6 Å². The van der Waals surface area contributed by atoms with E-state index in [9.17, 15) is 9.59 Å². The largest absolute Gasteiger partial charge is 0.496 e. The summed E-state index contributed by atoms with van der Waals surface area (Å²) in [7, 11) is 1.53. The number of hydrogen-bond acceptors (Lipinski definition) is 3. The molecule has 4 heteroatoms. The van der Waals surface area contributed by atoms with Crippen molar-refractivity contribution in [1.82, 2.24) is 4.98 Å². The molecule has 2 rings (SSSR count). The number of carbonyl (C=O) groups is 2. The summed E-state index contributed by atoms with van der Waals surface area (Å²) < 4.78 is 5.17. The maximum absolute atomic E-state index is 11.7. The van der Waals surface area contributed by atoms with Crippen LogP contribution in [-0.2, 0) is 4.79 Å². The minimum absolute atomic E-state index is 0.361. The molecule has 0 radical (unpaired) electrons. The van der Waals surface area contributed by atoms with Gasteiger partial charge < -0.3 is 9.72 Å². The van der Waals surface area contributed by atoms with Gasteiger partial charge in [0.05, 0.1) is 18.1 Å². The lowest BCUT2D eigenvalue weighted by Gasteiger charge is -2.02. The third-order valence-corrected chi connectivity index (χ3v) is 2.45. The molecule has 1 aromatic heterocycles. The third kappa shape index (κ3) is 1.48. The van der Waals surface area contributed by atoms with E-state index in [2.05, 4.69) is 4.98 Å². The summed E-state index contributed by atoms with van der Waals surface area (Å²) in [6, 6.07) is 5.40. The number of H-pyrrole nitrogens is 1. The lowest BCUT2D eigenvalue weighted by Crippen LogP contribution is -2.09. The van der Waals surface area contributed by atoms with Crippen molar-refractivity contribution in [2.45, 2.75) is 6.92 Å². The molecule has 1 N–H and O–H groups in total. The van der Waals surface area contributed by atoms with E-state index in [1.807, 2.05) is 12.1 Å². The van der Waals surface area contributed by atoms with Crippen molar-refractivity contribution in [3.63, 3.8) is 0 Å². The minimum atomic E-state index is -0.504. The molecule has 0 aliphatic heterocycles. The number of methoxy groups -OCH3 is 1. The van der Waals surface area contributed by atoms with Gasteiger partial charge in [-0.1, -0.05) is 6.07 Å². The smallest absolute Gasteiger partial charge is 0.230 e. The van der Waals surface area contributed by atoms with Crippen LogP contribution in [0.5, 0.6) is 5.75 Å². The monoisotopic (exact) mass is 217 g/mol. The first-order valence-electron chi connectivity index (χ1n) is 4.84. The molecule has 1 aromatic carbocycles. The standard InChI is InChI=1S/C12H11NO3/c1-7(14)12(15)8-6-13-9-4-3-5-10(16-2)11(8)9/h3-6,13H,1-2H3. The number of aromatic amines is 1. The van der Waals surface area contributed by atoms with Crippen molar-refractivity contribution in [2.75, 3.05) is 7.11 Å². The third-order valence-electron chi connectivity index (χ3n) is 2.45. The van der Waals surface area contributed by atoms with Crippen LogP contribution in [0, 0.1) is 0 Å². The highest BCUT2D eigenvalue weighted by Gasteiger charge is 2.18. The quantitative estimate of drug-likeness (QED) is 0.631. The summed E-state index contributed by atoms with van der Waals surface area (Å²) in [5.41, 5.74) is 1.14. The molecule has 82 valence electrons. The van der Waals surface area contributed by atoms with Crippen molar-refractivity contribution in [2.24, 2.45) is 0 Å². The number of ether oxygens (including phenoxy) is 1. The molecule has 0 amide bonds. The Labute approximate surface area is 92.2 Å². The average Bonchev–Trinajstić information content (AvgIpc) is 2.71. The van der Waals surface area contributed by atoms with Crippen molar-refractivity contribution in [3.05, 3.63) is 30.0 Å². The number of nitrogens with one attached hydrogen (secondary N) is 1. The number of fused-ring (bicyclic) bond motifs is 1. The average molecular weight is 217 g/mol. The number of benzene rings is 1. The van der Waals surface area contributed by atoms with E-state index in [-0.39, 0.29) is 0 Å². The molecule has 1 heterocycles. The lowest BCUT2D eigenvalue weighted by atomic mass is 10.1. The highest BCUT2D eigenvalue weighted by Crippen LogP contribution is 2.28. The number of aromatic nitrogens is 1. The topological polar surface area (TPSA) is 59.2 Å². The Balaban J connectivity index is 2.72. The van der Waals surface area contributed by atoms with E-state index in [0.29, 0.717) is 16.7 Å². The first kappa shape index (κ1) is 10.4. The fourth-order valence-corrected chi connectivity index (χ4v) is 1.69. The molecule has 0 fully saturated rings. The van der Waals surface area contributed by atoms with Crippen LogP contribution in [0.15, 0.2) is 24.4 Å². The van der Waals surface area contributed by atoms with Gasteiger partial charge in [0.1, 0.15) is 5.75 Å². The highest BCUT2D eigenvalue weighted by molar-refractivity contribution is 6.45. The van der Waals surface area contributed by atoms with Gasteiger partial charge in [-0.15, -0.1) is 0 Å². The van der Waals surface area contributed by atoms with E-state index < -0.39 is 11.6 Å². The normalized spacial score (nSPS) is 10.4. The molecule has 2 aromatic rings. The zero-order valence-electron chi connectivity index (χ0n) is 9.03. The molecule has 0 unspecified atom stereocenters. The Morgan fingerprint density at radius 2 is 2.06 bits per heavy atom. The van der Waals surface area contributed by atoms with Crippen LogP contribution in [0.4, 0.5) is 0 Å². The molecular formula is C12H11NO3. The molecule has 4 nitrogen and oxygen atoms in total. The van der Waals surface area contributed by atoms with Crippen LogP contribution in [0.25, 0.3) is 10.9 Å². The minimum Gasteiger partial charge on any atom is -0.496 e. The van der Waals surface area contributed by atoms with Gasteiger partial charge in [-0.2, -0.15) is 0 Å². The first-order chi connectivity index (χ1) is 7.65. The Hall–Kier alpha value is -2.10. The van der Waals surface area contributed by atoms with Gasteiger partial charge in [-0.3, -0.25) is 9.59 Å². The Morgan fingerprint density at radius 3 is 2.69 bits per heavy atom. The van der Waals surface area contributed by atoms with E-state index >= 15 is 0 Å². The van der Waals surface area contributed by atoms with Crippen LogP contribution < -0.4 is 4.74 Å². The predicted molar refractivity (Wildman–Crippen MR) is 59.9 cm³/mol. The van der Waals surface area contributed by atoms with Gasteiger partial charge in [0.25, 0.3) is 0 Å². The fraction of sp³-hybridized carbons (Fsp3) is 0.167. The zero-order valence-corrected chi connectivity index (χ0v) is 9.03. The predicted octanol–water partition coefficient (Wildman–Crippen LogP) is 1.95. The Bertz CT molecular complexity index is 569. The SMILES string of the molecule is COc1cccc2[nH]cc(C(=O)C(C)=O)c12. The maximum atomic E-state index is 11.7. The van der Waals surface area contributed by atoms with Gasteiger partial charge >= 0.3 is 0 Å². The number of ketones is 2. The summed E-state index contributed by atoms with van der Waals surface area (Å²) in [6.07, 6.45) is 1.54. The fourth-order valence-electron chi connectivity index (χ4n) is 1.69. The van der Waals surface area contributed by atoms with Gasteiger partial charge in [-0.25, -0.2) is 0 Å². The van der Waals surface area contributed by atoms with Crippen LogP contribution in [0.2, 0.25) is 0 Å². The lowest BCUT2D eigenvalue weighted by molar-refractivity contribution is -0.113. The van der Waals surface area contributed by atoms with Crippen LogP contribution in [0.3, 0.4) is 0 Å². The number of hydrogen-bond donors (Lipinski definition) is 1. The number of carbonyl (C=O) groups excluding carboxylic acids is 2. The molecule has 16 heavy (non-hydrogen) atoms. The summed E-state index contributed by atoms with van der Waals surface area (Å²) in [5.74, 6) is -0.397. The second-order valence-electron chi connectivity index (χ2n) is 3.47. The van der Waals surface area contributed by atoms with Crippen LogP contribution >= 0.6 is 0 Å². The van der Waals surface area contributed by atoms with E-state index in [1.165, 1.54) is 20.2 Å². The number of Topliss-reactive ketones (excluding diaryl/α,β-unsaturated/α-hetero) is 2. The molecule has 0 atom stereocenters. The van der Waals surface area contributed by atoms with Crippen molar-refractivity contribution in [1.29, 1.82) is 0 Å². The molecule has 0 aliphatic carbocycles. The molecule has 0 aliphatic rings. The summed E-state index contributed by atoms with van der Waals surface area (Å²) in [6.45, 7) is 1.26. The number of rotatable bonds is 3. The van der Waals surface area contributed by atoms with E-state index in [0.717, 1.165) is 5.52 Å². The summed E-state index contributed by atoms with van der Waals surface area (Å²) in [5, 5.41) is 0.658.